The van der Waals surface area contributed by atoms with E-state index in [4.69, 9.17) is 4.74 Å². The van der Waals surface area contributed by atoms with Crippen LogP contribution in [0.25, 0.3) is 0 Å². The van der Waals surface area contributed by atoms with Crippen molar-refractivity contribution < 1.29 is 9.53 Å². The van der Waals surface area contributed by atoms with Crippen molar-refractivity contribution in [1.82, 2.24) is 14.5 Å². The third-order valence-electron chi connectivity index (χ3n) is 4.99. The zero-order chi connectivity index (χ0) is 18.4. The fourth-order valence-electron chi connectivity index (χ4n) is 3.55. The first kappa shape index (κ1) is 18.5. The molecule has 0 aliphatic carbocycles. The van der Waals surface area contributed by atoms with Crippen LogP contribution in [0.4, 0.5) is 5.69 Å². The Kier molecular flexibility index (Phi) is 6.28. The van der Waals surface area contributed by atoms with Crippen LogP contribution in [0.1, 0.15) is 24.6 Å². The van der Waals surface area contributed by atoms with Crippen molar-refractivity contribution in [1.29, 1.82) is 0 Å². The summed E-state index contributed by atoms with van der Waals surface area (Å²) in [5.41, 5.74) is 1.06. The minimum absolute atomic E-state index is 0.177. The van der Waals surface area contributed by atoms with Crippen molar-refractivity contribution >= 4 is 11.6 Å². The number of likely N-dealkylation sites (tertiary alicyclic amines) is 1. The molecule has 1 unspecified atom stereocenters. The Bertz CT molecular complexity index is 701. The molecule has 0 radical (unpaired) electrons. The largest absolute Gasteiger partial charge is 0.383 e. The number of hydrogen-bond acceptors (Lipinski definition) is 4. The number of hydrogen-bond donors (Lipinski definition) is 0. The molecule has 0 saturated carbocycles. The lowest BCUT2D eigenvalue weighted by Crippen LogP contribution is -2.44. The molecule has 6 nitrogen and oxygen atoms in total. The van der Waals surface area contributed by atoms with Crippen molar-refractivity contribution in [2.24, 2.45) is 0 Å². The highest BCUT2D eigenvalue weighted by Gasteiger charge is 2.27. The SMILES string of the molecule is COCCn1ccnc1C1CCCN(C(=O)CN(C)c2ccccc2)C1. The van der Waals surface area contributed by atoms with E-state index in [1.165, 1.54) is 0 Å². The normalized spacial score (nSPS) is 17.3. The quantitative estimate of drug-likeness (QED) is 0.764. The number of aromatic nitrogens is 2. The Hall–Kier alpha value is -2.34. The van der Waals surface area contributed by atoms with Gasteiger partial charge >= 0.3 is 0 Å². The number of benzene rings is 1. The van der Waals surface area contributed by atoms with Crippen LogP contribution >= 0.6 is 0 Å². The minimum Gasteiger partial charge on any atom is -0.383 e. The standard InChI is InChI=1S/C20H28N4O2/c1-22(18-8-4-3-5-9-18)16-19(25)24-11-6-7-17(15-24)20-21-10-12-23(20)13-14-26-2/h3-5,8-10,12,17H,6-7,11,13-16H2,1-2H3. The van der Waals surface area contributed by atoms with Gasteiger partial charge in [-0.2, -0.15) is 0 Å². The second-order valence-electron chi connectivity index (χ2n) is 6.84. The Labute approximate surface area is 155 Å². The molecule has 6 heteroatoms. The summed E-state index contributed by atoms with van der Waals surface area (Å²) in [6.45, 7) is 3.44. The maximum atomic E-state index is 12.8. The molecule has 2 heterocycles. The summed E-state index contributed by atoms with van der Waals surface area (Å²) in [6.07, 6.45) is 5.93. The number of likely N-dealkylation sites (N-methyl/N-ethyl adjacent to an activating group) is 1. The van der Waals surface area contributed by atoms with Crippen LogP contribution in [0.3, 0.4) is 0 Å². The van der Waals surface area contributed by atoms with Crippen LogP contribution in [0.15, 0.2) is 42.7 Å². The monoisotopic (exact) mass is 356 g/mol. The van der Waals surface area contributed by atoms with Crippen molar-refractivity contribution in [2.45, 2.75) is 25.3 Å². The zero-order valence-electron chi connectivity index (χ0n) is 15.7. The Morgan fingerprint density at radius 2 is 2.15 bits per heavy atom. The number of carbonyl (C=O) groups is 1. The van der Waals surface area contributed by atoms with E-state index in [1.807, 2.05) is 59.6 Å². The van der Waals surface area contributed by atoms with E-state index in [-0.39, 0.29) is 5.91 Å². The highest BCUT2D eigenvalue weighted by atomic mass is 16.5. The average Bonchev–Trinajstić information content (AvgIpc) is 3.15. The molecular formula is C20H28N4O2. The van der Waals surface area contributed by atoms with Crippen molar-refractivity contribution in [3.8, 4) is 0 Å². The molecule has 0 spiro atoms. The maximum Gasteiger partial charge on any atom is 0.242 e. The molecule has 1 amide bonds. The van der Waals surface area contributed by atoms with Gasteiger partial charge in [0.15, 0.2) is 0 Å². The van der Waals surface area contributed by atoms with E-state index in [0.29, 0.717) is 19.1 Å². The number of para-hydroxylation sites is 1. The number of rotatable bonds is 7. The third-order valence-corrected chi connectivity index (χ3v) is 4.99. The molecule has 3 rings (SSSR count). The van der Waals surface area contributed by atoms with Crippen LogP contribution in [0.2, 0.25) is 0 Å². The van der Waals surface area contributed by atoms with Gasteiger partial charge in [-0.05, 0) is 25.0 Å². The van der Waals surface area contributed by atoms with E-state index < -0.39 is 0 Å². The summed E-state index contributed by atoms with van der Waals surface area (Å²) in [5, 5.41) is 0. The first-order valence-corrected chi connectivity index (χ1v) is 9.23. The highest BCUT2D eigenvalue weighted by Crippen LogP contribution is 2.26. The average molecular weight is 356 g/mol. The molecule has 1 aliphatic heterocycles. The van der Waals surface area contributed by atoms with Gasteiger partial charge in [0.2, 0.25) is 5.91 Å². The van der Waals surface area contributed by atoms with Gasteiger partial charge in [-0.25, -0.2) is 4.98 Å². The van der Waals surface area contributed by atoms with Crippen LogP contribution in [0.5, 0.6) is 0 Å². The van der Waals surface area contributed by atoms with Crippen LogP contribution in [-0.4, -0.2) is 60.8 Å². The molecule has 1 aromatic carbocycles. The Morgan fingerprint density at radius 1 is 1.35 bits per heavy atom. The van der Waals surface area contributed by atoms with Gasteiger partial charge in [-0.1, -0.05) is 18.2 Å². The lowest BCUT2D eigenvalue weighted by Gasteiger charge is -2.34. The Balaban J connectivity index is 1.61. The number of anilines is 1. The van der Waals surface area contributed by atoms with Gasteiger partial charge in [0, 0.05) is 57.8 Å². The summed E-state index contributed by atoms with van der Waals surface area (Å²) in [4.78, 5) is 21.3. The topological polar surface area (TPSA) is 50.6 Å². The number of amides is 1. The Morgan fingerprint density at radius 3 is 2.92 bits per heavy atom. The molecular weight excluding hydrogens is 328 g/mol. The predicted octanol–water partition coefficient (Wildman–Crippen LogP) is 2.37. The second-order valence-corrected chi connectivity index (χ2v) is 6.84. The van der Waals surface area contributed by atoms with E-state index in [2.05, 4.69) is 9.55 Å². The maximum absolute atomic E-state index is 12.8. The lowest BCUT2D eigenvalue weighted by atomic mass is 9.97. The third kappa shape index (κ3) is 4.43. The number of piperidine rings is 1. The van der Waals surface area contributed by atoms with E-state index in [1.54, 1.807) is 7.11 Å². The van der Waals surface area contributed by atoms with Crippen molar-refractivity contribution in [3.05, 3.63) is 48.5 Å². The summed E-state index contributed by atoms with van der Waals surface area (Å²) in [7, 11) is 3.67. The van der Waals surface area contributed by atoms with Gasteiger partial charge in [0.25, 0.3) is 0 Å². The number of imidazole rings is 1. The molecule has 0 N–H and O–H groups in total. The molecule has 1 aromatic heterocycles. The van der Waals surface area contributed by atoms with Gasteiger partial charge in [-0.15, -0.1) is 0 Å². The summed E-state index contributed by atoms with van der Waals surface area (Å²) < 4.78 is 7.33. The number of carbonyl (C=O) groups excluding carboxylic acids is 1. The molecule has 140 valence electrons. The smallest absolute Gasteiger partial charge is 0.242 e. The van der Waals surface area contributed by atoms with Gasteiger partial charge in [0.1, 0.15) is 5.82 Å². The summed E-state index contributed by atoms with van der Waals surface area (Å²) >= 11 is 0. The molecule has 1 atom stereocenters. The van der Waals surface area contributed by atoms with E-state index in [0.717, 1.165) is 44.0 Å². The van der Waals surface area contributed by atoms with E-state index >= 15 is 0 Å². The van der Waals surface area contributed by atoms with Gasteiger partial charge < -0.3 is 19.1 Å². The zero-order valence-corrected chi connectivity index (χ0v) is 15.7. The van der Waals surface area contributed by atoms with Crippen LogP contribution in [0, 0.1) is 0 Å². The predicted molar refractivity (Wildman–Crippen MR) is 102 cm³/mol. The number of nitrogens with zero attached hydrogens (tertiary/aromatic N) is 4. The fourth-order valence-corrected chi connectivity index (χ4v) is 3.55. The fraction of sp³-hybridized carbons (Fsp3) is 0.500. The molecule has 1 fully saturated rings. The second kappa shape index (κ2) is 8.85. The number of ether oxygens (including phenoxy) is 1. The first-order valence-electron chi connectivity index (χ1n) is 9.23. The molecule has 1 aliphatic rings. The molecule has 26 heavy (non-hydrogen) atoms. The lowest BCUT2D eigenvalue weighted by molar-refractivity contribution is -0.130. The summed E-state index contributed by atoms with van der Waals surface area (Å²) in [5.74, 6) is 1.54. The molecule has 0 bridgehead atoms. The first-order chi connectivity index (χ1) is 12.7. The molecule has 2 aromatic rings. The minimum atomic E-state index is 0.177. The van der Waals surface area contributed by atoms with Crippen LogP contribution in [-0.2, 0) is 16.1 Å². The molecule has 1 saturated heterocycles. The number of methoxy groups -OCH3 is 1. The van der Waals surface area contributed by atoms with Gasteiger partial charge in [0.05, 0.1) is 13.2 Å². The summed E-state index contributed by atoms with van der Waals surface area (Å²) in [6, 6.07) is 10.0. The van der Waals surface area contributed by atoms with Crippen molar-refractivity contribution in [2.75, 3.05) is 45.3 Å². The highest BCUT2D eigenvalue weighted by molar-refractivity contribution is 5.81. The van der Waals surface area contributed by atoms with E-state index in [9.17, 15) is 4.79 Å². The van der Waals surface area contributed by atoms with Gasteiger partial charge in [-0.3, -0.25) is 4.79 Å². The van der Waals surface area contributed by atoms with Crippen molar-refractivity contribution in [3.63, 3.8) is 0 Å². The van der Waals surface area contributed by atoms with Crippen LogP contribution < -0.4 is 4.90 Å².